The Morgan fingerprint density at radius 1 is 0.700 bits per heavy atom. The summed E-state index contributed by atoms with van der Waals surface area (Å²) in [5.41, 5.74) is 7.72. The summed E-state index contributed by atoms with van der Waals surface area (Å²) in [6.07, 6.45) is 12.6. The van der Waals surface area contributed by atoms with E-state index in [0.717, 1.165) is 23.2 Å². The van der Waals surface area contributed by atoms with E-state index in [0.29, 0.717) is 12.4 Å². The number of thioether (sulfide) groups is 1. The van der Waals surface area contributed by atoms with E-state index in [1.54, 1.807) is 0 Å². The van der Waals surface area contributed by atoms with Gasteiger partial charge >= 0.3 is 0 Å². The number of phenols is 1. The van der Waals surface area contributed by atoms with Gasteiger partial charge in [0.1, 0.15) is 11.5 Å². The first-order valence-corrected chi connectivity index (χ1v) is 24.1. The summed E-state index contributed by atoms with van der Waals surface area (Å²) in [6, 6.07) is 26.2. The third-order valence-corrected chi connectivity index (χ3v) is 15.6. The molecule has 0 bridgehead atoms. The van der Waals surface area contributed by atoms with E-state index in [1.807, 2.05) is 19.1 Å². The molecule has 0 heterocycles. The molecule has 4 unspecified atom stereocenters. The predicted octanol–water partition coefficient (Wildman–Crippen LogP) is 16.6. The van der Waals surface area contributed by atoms with Crippen LogP contribution >= 0.6 is 11.8 Å². The van der Waals surface area contributed by atoms with Gasteiger partial charge in [0.2, 0.25) is 0 Å². The Kier molecular flexibility index (Phi) is 17.0. The van der Waals surface area contributed by atoms with Gasteiger partial charge in [-0.15, -0.1) is 0 Å². The second-order valence-corrected chi connectivity index (χ2v) is 23.6. The molecular weight excluding hydrogens is 753 g/mol. The molecule has 4 heteroatoms. The lowest BCUT2D eigenvalue weighted by atomic mass is 9.54. The molecule has 1 fully saturated rings. The average Bonchev–Trinajstić information content (AvgIpc) is 3.17. The minimum Gasteiger partial charge on any atom is -0.508 e. The predicted molar refractivity (Wildman–Crippen MR) is 262 cm³/mol. The van der Waals surface area contributed by atoms with Gasteiger partial charge in [-0.1, -0.05) is 174 Å². The molecule has 332 valence electrons. The fourth-order valence-corrected chi connectivity index (χ4v) is 10.4. The molecule has 0 aliphatic heterocycles. The minimum atomic E-state index is -0.294. The lowest BCUT2D eigenvalue weighted by Gasteiger charge is -2.51. The summed E-state index contributed by atoms with van der Waals surface area (Å²) in [5.74, 6) is 2.80. The minimum absolute atomic E-state index is 0.0341. The van der Waals surface area contributed by atoms with Crippen LogP contribution in [0.5, 0.6) is 11.5 Å². The Morgan fingerprint density at radius 2 is 1.23 bits per heavy atom. The summed E-state index contributed by atoms with van der Waals surface area (Å²) < 4.78 is 12.4. The molecule has 4 rings (SSSR count). The van der Waals surface area contributed by atoms with Crippen molar-refractivity contribution in [2.45, 2.75) is 184 Å². The largest absolute Gasteiger partial charge is 0.508 e. The van der Waals surface area contributed by atoms with Gasteiger partial charge in [-0.3, -0.25) is 0 Å². The van der Waals surface area contributed by atoms with E-state index in [4.69, 9.17) is 9.47 Å². The first-order chi connectivity index (χ1) is 27.8. The van der Waals surface area contributed by atoms with Crippen LogP contribution in [-0.4, -0.2) is 29.0 Å². The van der Waals surface area contributed by atoms with Crippen LogP contribution in [0.25, 0.3) is 0 Å². The van der Waals surface area contributed by atoms with Crippen molar-refractivity contribution >= 4 is 11.8 Å². The molecule has 60 heavy (non-hydrogen) atoms. The average molecular weight is 837 g/mol. The Bertz CT molecular complexity index is 1820. The van der Waals surface area contributed by atoms with E-state index in [-0.39, 0.29) is 51.1 Å². The van der Waals surface area contributed by atoms with E-state index >= 15 is 0 Å². The number of hydrogen-bond donors (Lipinski definition) is 1. The Labute approximate surface area is 372 Å². The molecule has 3 aromatic carbocycles. The maximum atomic E-state index is 10.4. The Hall–Kier alpha value is -2.95. The van der Waals surface area contributed by atoms with Crippen molar-refractivity contribution in [2.24, 2.45) is 21.7 Å². The topological polar surface area (TPSA) is 38.7 Å². The van der Waals surface area contributed by atoms with Crippen LogP contribution < -0.4 is 4.74 Å². The highest BCUT2D eigenvalue weighted by atomic mass is 32.2. The van der Waals surface area contributed by atoms with Crippen LogP contribution in [0.3, 0.4) is 0 Å². The van der Waals surface area contributed by atoms with E-state index in [2.05, 4.69) is 188 Å². The maximum absolute atomic E-state index is 10.4. The smallest absolute Gasteiger partial charge is 0.197 e. The van der Waals surface area contributed by atoms with Crippen molar-refractivity contribution in [2.75, 3.05) is 12.4 Å². The van der Waals surface area contributed by atoms with Crippen molar-refractivity contribution < 1.29 is 14.6 Å². The Morgan fingerprint density at radius 3 is 1.77 bits per heavy atom. The first-order valence-electron chi connectivity index (χ1n) is 23.1. The van der Waals surface area contributed by atoms with Crippen LogP contribution in [0.1, 0.15) is 189 Å². The first kappa shape index (κ1) is 49.7. The van der Waals surface area contributed by atoms with Gasteiger partial charge in [-0.2, -0.15) is 11.8 Å². The zero-order valence-electron chi connectivity index (χ0n) is 40.8. The van der Waals surface area contributed by atoms with E-state index in [1.165, 1.54) is 65.5 Å². The number of aromatic hydroxyl groups is 1. The summed E-state index contributed by atoms with van der Waals surface area (Å²) in [6.45, 7) is 38.2. The van der Waals surface area contributed by atoms with Crippen molar-refractivity contribution in [1.29, 1.82) is 0 Å². The summed E-state index contributed by atoms with van der Waals surface area (Å²) >= 11 is 2.07. The normalized spacial score (nSPS) is 17.2. The highest BCUT2D eigenvalue weighted by Gasteiger charge is 2.47. The zero-order chi connectivity index (χ0) is 44.7. The molecule has 0 aromatic heterocycles. The molecule has 1 N–H and O–H groups in total. The van der Waals surface area contributed by atoms with Crippen molar-refractivity contribution in [3.05, 3.63) is 118 Å². The maximum Gasteiger partial charge on any atom is 0.197 e. The lowest BCUT2D eigenvalue weighted by molar-refractivity contribution is -0.0602. The number of hydrogen-bond acceptors (Lipinski definition) is 4. The second-order valence-electron chi connectivity index (χ2n) is 22.2. The number of allylic oxidation sites excluding steroid dienone is 4. The second kappa shape index (κ2) is 20.5. The van der Waals surface area contributed by atoms with Crippen LogP contribution in [0, 0.1) is 21.7 Å². The molecule has 1 saturated carbocycles. The standard InChI is InChI=1S/C56H84O3S/c1-39(2)36-50(43-26-32-47(33-27-43)59-41(4)58-34-35-60-48-20-18-17-19-21-48)56(15,16)54(11,12)38-51(44-24-30-46(57)31-25-44)55(13,14)40(3)37-49(53(8,9)10)42-22-28-45(29-23-42)52(5,6)7/h22-33,36-37,41,48-51,57H,17-21,34-35,38H2,1-16H3/b40-37+. The van der Waals surface area contributed by atoms with Gasteiger partial charge in [-0.05, 0) is 126 Å². The summed E-state index contributed by atoms with van der Waals surface area (Å²) in [4.78, 5) is 0. The molecule has 3 nitrogen and oxygen atoms in total. The molecular formula is C56H84O3S. The highest BCUT2D eigenvalue weighted by Crippen LogP contribution is 2.58. The van der Waals surface area contributed by atoms with Gasteiger partial charge in [0.15, 0.2) is 6.29 Å². The molecule has 1 aliphatic rings. The van der Waals surface area contributed by atoms with Gasteiger partial charge in [0.25, 0.3) is 0 Å². The van der Waals surface area contributed by atoms with Crippen LogP contribution in [0.15, 0.2) is 96.1 Å². The molecule has 0 radical (unpaired) electrons. The zero-order valence-corrected chi connectivity index (χ0v) is 41.6. The molecule has 0 saturated heterocycles. The summed E-state index contributed by atoms with van der Waals surface area (Å²) in [5, 5.41) is 11.2. The SMILES string of the molecule is CC(C)=CC(c1ccc(OC(C)OCCSC2CCCCC2)cc1)C(C)(C)C(C)(C)CC(c1ccc(O)cc1)C(C)(C)/C(C)=C/C(c1ccc(C(C)(C)C)cc1)C(C)(C)C. The number of ether oxygens (including phenoxy) is 2. The molecule has 0 spiro atoms. The Balaban J connectivity index is 1.62. The third kappa shape index (κ3) is 13.3. The van der Waals surface area contributed by atoms with Gasteiger partial charge < -0.3 is 14.6 Å². The quantitative estimate of drug-likeness (QED) is 0.0787. The molecule has 0 amide bonds. The number of rotatable bonds is 18. The van der Waals surface area contributed by atoms with Crippen molar-refractivity contribution in [3.8, 4) is 11.5 Å². The van der Waals surface area contributed by atoms with E-state index in [9.17, 15) is 5.11 Å². The number of benzene rings is 3. The van der Waals surface area contributed by atoms with E-state index < -0.39 is 0 Å². The van der Waals surface area contributed by atoms with Crippen LogP contribution in [0.2, 0.25) is 0 Å². The third-order valence-electron chi connectivity index (χ3n) is 14.3. The summed E-state index contributed by atoms with van der Waals surface area (Å²) in [7, 11) is 0. The van der Waals surface area contributed by atoms with Crippen LogP contribution in [-0.2, 0) is 10.2 Å². The molecule has 1 aliphatic carbocycles. The van der Waals surface area contributed by atoms with Crippen molar-refractivity contribution in [3.63, 3.8) is 0 Å². The fourth-order valence-electron chi connectivity index (χ4n) is 9.16. The molecule has 3 aromatic rings. The highest BCUT2D eigenvalue weighted by molar-refractivity contribution is 7.99. The fraction of sp³-hybridized carbons (Fsp3) is 0.607. The van der Waals surface area contributed by atoms with Crippen LogP contribution in [0.4, 0.5) is 0 Å². The van der Waals surface area contributed by atoms with Gasteiger partial charge in [0.05, 0.1) is 6.61 Å². The number of phenolic OH excluding ortho intramolecular Hbond substituents is 1. The monoisotopic (exact) mass is 837 g/mol. The van der Waals surface area contributed by atoms with Gasteiger partial charge in [-0.25, -0.2) is 0 Å². The van der Waals surface area contributed by atoms with Gasteiger partial charge in [0, 0.05) is 22.8 Å². The van der Waals surface area contributed by atoms with Crippen molar-refractivity contribution in [1.82, 2.24) is 0 Å². The lowest BCUT2D eigenvalue weighted by Crippen LogP contribution is -2.41. The molecule has 4 atom stereocenters.